The van der Waals surface area contributed by atoms with Gasteiger partial charge in [-0.1, -0.05) is 5.16 Å². The molecule has 2 N–H and O–H groups in total. The third-order valence-corrected chi connectivity index (χ3v) is 4.47. The highest BCUT2D eigenvalue weighted by Crippen LogP contribution is 2.21. The molecule has 0 bridgehead atoms. The SMILES string of the molecule is CN1CCCN(C)C(c2noc(Cc3csc(N)n3)n2)C1. The fourth-order valence-corrected chi connectivity index (χ4v) is 3.15. The highest BCUT2D eigenvalue weighted by atomic mass is 32.1. The molecule has 1 aliphatic heterocycles. The van der Waals surface area contributed by atoms with E-state index in [2.05, 4.69) is 39.0 Å². The maximum Gasteiger partial charge on any atom is 0.232 e. The first kappa shape index (κ1) is 14.4. The molecule has 114 valence electrons. The molecular weight excluding hydrogens is 288 g/mol. The molecule has 0 aliphatic carbocycles. The topological polar surface area (TPSA) is 84.3 Å². The Balaban J connectivity index is 1.74. The van der Waals surface area contributed by atoms with Crippen LogP contribution < -0.4 is 5.73 Å². The Morgan fingerprint density at radius 1 is 1.38 bits per heavy atom. The van der Waals surface area contributed by atoms with Crippen molar-refractivity contribution >= 4 is 16.5 Å². The highest BCUT2D eigenvalue weighted by molar-refractivity contribution is 7.13. The largest absolute Gasteiger partial charge is 0.375 e. The first-order chi connectivity index (χ1) is 10.1. The molecule has 8 heteroatoms. The number of likely N-dealkylation sites (N-methyl/N-ethyl adjacent to an activating group) is 2. The van der Waals surface area contributed by atoms with Crippen molar-refractivity contribution in [2.24, 2.45) is 0 Å². The molecule has 0 aromatic carbocycles. The van der Waals surface area contributed by atoms with Crippen molar-refractivity contribution in [2.75, 3.05) is 39.5 Å². The summed E-state index contributed by atoms with van der Waals surface area (Å²) in [7, 11) is 4.24. The average Bonchev–Trinajstić information content (AvgIpc) is 3.02. The monoisotopic (exact) mass is 308 g/mol. The minimum Gasteiger partial charge on any atom is -0.375 e. The van der Waals surface area contributed by atoms with Gasteiger partial charge in [-0.2, -0.15) is 4.98 Å². The van der Waals surface area contributed by atoms with Crippen molar-refractivity contribution in [2.45, 2.75) is 18.9 Å². The van der Waals surface area contributed by atoms with Crippen LogP contribution >= 0.6 is 11.3 Å². The van der Waals surface area contributed by atoms with E-state index in [-0.39, 0.29) is 6.04 Å². The number of nitrogen functional groups attached to an aromatic ring is 1. The summed E-state index contributed by atoms with van der Waals surface area (Å²) in [5, 5.41) is 6.65. The van der Waals surface area contributed by atoms with Crippen molar-refractivity contribution in [3.05, 3.63) is 22.8 Å². The van der Waals surface area contributed by atoms with Gasteiger partial charge in [-0.15, -0.1) is 11.3 Å². The highest BCUT2D eigenvalue weighted by Gasteiger charge is 2.26. The molecule has 0 spiro atoms. The maximum absolute atomic E-state index is 5.63. The predicted molar refractivity (Wildman–Crippen MR) is 81.1 cm³/mol. The van der Waals surface area contributed by atoms with Crippen LogP contribution in [0.3, 0.4) is 0 Å². The fourth-order valence-electron chi connectivity index (χ4n) is 2.58. The van der Waals surface area contributed by atoms with Gasteiger partial charge in [-0.05, 0) is 33.6 Å². The minimum absolute atomic E-state index is 0.176. The molecule has 21 heavy (non-hydrogen) atoms. The van der Waals surface area contributed by atoms with E-state index in [4.69, 9.17) is 10.3 Å². The summed E-state index contributed by atoms with van der Waals surface area (Å²) in [5.41, 5.74) is 6.51. The van der Waals surface area contributed by atoms with Crippen LogP contribution in [-0.4, -0.2) is 58.7 Å². The van der Waals surface area contributed by atoms with Crippen molar-refractivity contribution in [1.29, 1.82) is 0 Å². The molecule has 1 aliphatic rings. The molecule has 0 amide bonds. The molecule has 2 aromatic heterocycles. The standard InChI is InChI=1S/C13H20N6OS/c1-18-4-3-5-19(2)10(7-18)12-16-11(20-17-12)6-9-8-21-13(14)15-9/h8,10H,3-7H2,1-2H3,(H2,14,15). The molecular formula is C13H20N6OS. The number of hydrogen-bond donors (Lipinski definition) is 1. The molecule has 1 fully saturated rings. The Bertz CT molecular complexity index is 597. The lowest BCUT2D eigenvalue weighted by Gasteiger charge is -2.24. The van der Waals surface area contributed by atoms with Gasteiger partial charge >= 0.3 is 0 Å². The van der Waals surface area contributed by atoms with Crippen LogP contribution in [0.2, 0.25) is 0 Å². The van der Waals surface area contributed by atoms with Gasteiger partial charge in [0.1, 0.15) is 0 Å². The van der Waals surface area contributed by atoms with E-state index in [1.807, 2.05) is 5.38 Å². The number of nitrogens with two attached hydrogens (primary N) is 1. The van der Waals surface area contributed by atoms with Crippen LogP contribution in [0.1, 0.15) is 29.9 Å². The summed E-state index contributed by atoms with van der Waals surface area (Å²) in [6.45, 7) is 3.06. The second-order valence-corrected chi connectivity index (χ2v) is 6.40. The third kappa shape index (κ3) is 3.39. The van der Waals surface area contributed by atoms with Crippen LogP contribution in [-0.2, 0) is 6.42 Å². The summed E-state index contributed by atoms with van der Waals surface area (Å²) in [5.74, 6) is 1.35. The van der Waals surface area contributed by atoms with E-state index in [0.717, 1.165) is 37.6 Å². The zero-order chi connectivity index (χ0) is 14.8. The van der Waals surface area contributed by atoms with Crippen molar-refractivity contribution in [3.63, 3.8) is 0 Å². The summed E-state index contributed by atoms with van der Waals surface area (Å²) in [6.07, 6.45) is 1.69. The first-order valence-corrected chi connectivity index (χ1v) is 7.91. The molecule has 0 saturated carbocycles. The number of aromatic nitrogens is 3. The van der Waals surface area contributed by atoms with E-state index < -0.39 is 0 Å². The van der Waals surface area contributed by atoms with Gasteiger partial charge in [-0.3, -0.25) is 4.90 Å². The Kier molecular flexibility index (Phi) is 4.18. The van der Waals surface area contributed by atoms with E-state index in [1.54, 1.807) is 0 Å². The molecule has 1 atom stereocenters. The quantitative estimate of drug-likeness (QED) is 0.905. The lowest BCUT2D eigenvalue weighted by Crippen LogP contribution is -2.31. The van der Waals surface area contributed by atoms with Crippen molar-refractivity contribution in [3.8, 4) is 0 Å². The Morgan fingerprint density at radius 2 is 2.24 bits per heavy atom. The molecule has 3 rings (SSSR count). The summed E-state index contributed by atoms with van der Waals surface area (Å²) < 4.78 is 5.37. The molecule has 0 radical (unpaired) electrons. The summed E-state index contributed by atoms with van der Waals surface area (Å²) in [4.78, 5) is 13.4. The van der Waals surface area contributed by atoms with Gasteiger partial charge in [0.15, 0.2) is 11.0 Å². The zero-order valence-electron chi connectivity index (χ0n) is 12.3. The minimum atomic E-state index is 0.176. The predicted octanol–water partition coefficient (Wildman–Crippen LogP) is 1.01. The van der Waals surface area contributed by atoms with Crippen LogP contribution in [0.5, 0.6) is 0 Å². The van der Waals surface area contributed by atoms with Crippen LogP contribution in [0.4, 0.5) is 5.13 Å². The molecule has 1 saturated heterocycles. The molecule has 7 nitrogen and oxygen atoms in total. The Labute approximate surface area is 127 Å². The summed E-state index contributed by atoms with van der Waals surface area (Å²) >= 11 is 1.42. The lowest BCUT2D eigenvalue weighted by atomic mass is 10.2. The second-order valence-electron chi connectivity index (χ2n) is 5.51. The lowest BCUT2D eigenvalue weighted by molar-refractivity contribution is 0.214. The third-order valence-electron chi connectivity index (χ3n) is 3.75. The van der Waals surface area contributed by atoms with Gasteiger partial charge in [0.25, 0.3) is 0 Å². The second kappa shape index (κ2) is 6.08. The van der Waals surface area contributed by atoms with E-state index in [1.165, 1.54) is 11.3 Å². The van der Waals surface area contributed by atoms with E-state index in [0.29, 0.717) is 17.4 Å². The normalized spacial score (nSPS) is 21.5. The number of thiazole rings is 1. The van der Waals surface area contributed by atoms with Gasteiger partial charge in [0.05, 0.1) is 18.2 Å². The van der Waals surface area contributed by atoms with Crippen LogP contribution in [0, 0.1) is 0 Å². The smallest absolute Gasteiger partial charge is 0.232 e. The molecule has 2 aromatic rings. The number of nitrogens with zero attached hydrogens (tertiary/aromatic N) is 5. The van der Waals surface area contributed by atoms with Gasteiger partial charge in [0, 0.05) is 11.9 Å². The fraction of sp³-hybridized carbons (Fsp3) is 0.615. The van der Waals surface area contributed by atoms with Gasteiger partial charge in [-0.25, -0.2) is 4.98 Å². The Morgan fingerprint density at radius 3 is 3.00 bits per heavy atom. The van der Waals surface area contributed by atoms with Gasteiger partial charge < -0.3 is 15.2 Å². The number of anilines is 1. The summed E-state index contributed by atoms with van der Waals surface area (Å²) in [6, 6.07) is 0.176. The van der Waals surface area contributed by atoms with Crippen molar-refractivity contribution < 1.29 is 4.52 Å². The Hall–Kier alpha value is -1.51. The number of rotatable bonds is 3. The first-order valence-electron chi connectivity index (χ1n) is 7.03. The van der Waals surface area contributed by atoms with E-state index in [9.17, 15) is 0 Å². The number of hydrogen-bond acceptors (Lipinski definition) is 8. The maximum atomic E-state index is 5.63. The van der Waals surface area contributed by atoms with Crippen molar-refractivity contribution in [1.82, 2.24) is 24.9 Å². The van der Waals surface area contributed by atoms with Crippen LogP contribution in [0.15, 0.2) is 9.90 Å². The van der Waals surface area contributed by atoms with E-state index >= 15 is 0 Å². The van der Waals surface area contributed by atoms with Gasteiger partial charge in [0.2, 0.25) is 5.89 Å². The molecule has 1 unspecified atom stereocenters. The zero-order valence-corrected chi connectivity index (χ0v) is 13.1. The molecule has 3 heterocycles. The average molecular weight is 308 g/mol. The van der Waals surface area contributed by atoms with Crippen LogP contribution in [0.25, 0.3) is 0 Å².